The van der Waals surface area contributed by atoms with Crippen LogP contribution in [0.2, 0.25) is 0 Å². The first kappa shape index (κ1) is 12.2. The van der Waals surface area contributed by atoms with E-state index in [1.54, 1.807) is 0 Å². The number of hydrogen-bond acceptors (Lipinski definition) is 1. The third-order valence-electron chi connectivity index (χ3n) is 2.31. The van der Waals surface area contributed by atoms with Gasteiger partial charge in [0.05, 0.1) is 0 Å². The predicted octanol–water partition coefficient (Wildman–Crippen LogP) is 2.10. The van der Waals surface area contributed by atoms with E-state index < -0.39 is 7.44 Å². The van der Waals surface area contributed by atoms with Crippen LogP contribution >= 0.6 is 7.44 Å². The van der Waals surface area contributed by atoms with Gasteiger partial charge in [-0.15, -0.1) is 0 Å². The average Bonchev–Trinajstić information content (AvgIpc) is 2.00. The van der Waals surface area contributed by atoms with Gasteiger partial charge in [-0.1, -0.05) is 13.8 Å². The molecule has 0 fully saturated rings. The van der Waals surface area contributed by atoms with E-state index in [0.717, 1.165) is 6.42 Å². The highest BCUT2D eigenvalue weighted by Gasteiger charge is 2.33. The summed E-state index contributed by atoms with van der Waals surface area (Å²) in [5, 5.41) is 0. The zero-order chi connectivity index (χ0) is 9.94. The Morgan fingerprint density at radius 2 is 1.50 bits per heavy atom. The third kappa shape index (κ3) is 2.09. The molecule has 0 N–H and O–H groups in total. The molecule has 0 saturated heterocycles. The lowest BCUT2D eigenvalue weighted by Crippen LogP contribution is -2.27. The lowest BCUT2D eigenvalue weighted by molar-refractivity contribution is 0.433. The maximum absolute atomic E-state index is 12.4. The number of rotatable bonds is 4. The van der Waals surface area contributed by atoms with Crippen LogP contribution in [-0.2, 0) is 4.57 Å². The molecular weight excluding hydrogens is 171 g/mol. The fraction of sp³-hybridized carbons (Fsp3) is 1.00. The zero-order valence-corrected chi connectivity index (χ0v) is 9.93. The molecule has 0 aromatic carbocycles. The van der Waals surface area contributed by atoms with Crippen molar-refractivity contribution in [2.75, 3.05) is 28.2 Å². The molecule has 0 amide bonds. The van der Waals surface area contributed by atoms with Crippen LogP contribution in [0.4, 0.5) is 0 Å². The van der Waals surface area contributed by atoms with Gasteiger partial charge in [-0.3, -0.25) is 4.57 Å². The highest BCUT2D eigenvalue weighted by atomic mass is 31.2. The number of hydrogen-bond donors (Lipinski definition) is 0. The van der Waals surface area contributed by atoms with Gasteiger partial charge in [0.1, 0.15) is 0 Å². The molecule has 0 aliphatic rings. The summed E-state index contributed by atoms with van der Waals surface area (Å²) in [5.74, 6) is 0. The summed E-state index contributed by atoms with van der Waals surface area (Å²) < 4.78 is 16.1. The Balaban J connectivity index is 4.75. The van der Waals surface area contributed by atoms with Crippen LogP contribution in [0.3, 0.4) is 0 Å². The molecule has 0 heterocycles. The van der Waals surface area contributed by atoms with Gasteiger partial charge in [-0.2, -0.15) is 0 Å². The largest absolute Gasteiger partial charge is 0.289 e. The molecule has 0 unspecified atom stereocenters. The molecule has 0 aliphatic carbocycles. The Labute approximate surface area is 76.2 Å². The lowest BCUT2D eigenvalue weighted by atomic mass is 10.4. The second-order valence-corrected chi connectivity index (χ2v) is 7.20. The highest BCUT2D eigenvalue weighted by Crippen LogP contribution is 2.54. The summed E-state index contributed by atoms with van der Waals surface area (Å²) in [7, 11) is 5.24. The van der Waals surface area contributed by atoms with Crippen LogP contribution in [0.5, 0.6) is 0 Å². The lowest BCUT2D eigenvalue weighted by Gasteiger charge is -2.34. The minimum atomic E-state index is -2.29. The van der Waals surface area contributed by atoms with Crippen molar-refractivity contribution in [2.45, 2.75) is 25.9 Å². The Kier molecular flexibility index (Phi) is 4.46. The van der Waals surface area contributed by atoms with Gasteiger partial charge >= 0.3 is 0 Å². The molecule has 0 spiro atoms. The van der Waals surface area contributed by atoms with Crippen molar-refractivity contribution in [1.82, 2.24) is 9.34 Å². The maximum Gasteiger partial charge on any atom is 0.218 e. The van der Waals surface area contributed by atoms with Crippen LogP contribution in [0.15, 0.2) is 0 Å². The molecule has 0 aromatic rings. The van der Waals surface area contributed by atoms with E-state index in [-0.39, 0.29) is 5.66 Å². The number of nitrogens with zero attached hydrogens (tertiary/aromatic N) is 2. The summed E-state index contributed by atoms with van der Waals surface area (Å²) >= 11 is 0. The zero-order valence-electron chi connectivity index (χ0n) is 9.03. The van der Waals surface area contributed by atoms with E-state index in [0.29, 0.717) is 0 Å². The molecule has 12 heavy (non-hydrogen) atoms. The normalized spacial score (nSPS) is 15.7. The predicted molar refractivity (Wildman–Crippen MR) is 54.7 cm³/mol. The van der Waals surface area contributed by atoms with Crippen LogP contribution in [0.25, 0.3) is 0 Å². The van der Waals surface area contributed by atoms with Crippen molar-refractivity contribution in [3.63, 3.8) is 0 Å². The second-order valence-electron chi connectivity index (χ2n) is 3.54. The van der Waals surface area contributed by atoms with E-state index in [1.807, 2.05) is 44.5 Å². The highest BCUT2D eigenvalue weighted by molar-refractivity contribution is 7.59. The topological polar surface area (TPSA) is 23.6 Å². The van der Waals surface area contributed by atoms with E-state index in [4.69, 9.17) is 0 Å². The second kappa shape index (κ2) is 4.40. The summed E-state index contributed by atoms with van der Waals surface area (Å²) in [6, 6.07) is 0. The molecule has 74 valence electrons. The minimum Gasteiger partial charge on any atom is -0.289 e. The quantitative estimate of drug-likeness (QED) is 0.637. The third-order valence-corrected chi connectivity index (χ3v) is 6.12. The van der Waals surface area contributed by atoms with Gasteiger partial charge in [0.2, 0.25) is 7.44 Å². The van der Waals surface area contributed by atoms with Crippen LogP contribution in [0.1, 0.15) is 20.3 Å². The summed E-state index contributed by atoms with van der Waals surface area (Å²) in [5.41, 5.74) is 0.238. The fourth-order valence-electron chi connectivity index (χ4n) is 1.38. The Bertz CT molecular complexity index is 168. The minimum absolute atomic E-state index is 0.238. The van der Waals surface area contributed by atoms with Gasteiger partial charge in [-0.05, 0) is 34.6 Å². The fourth-order valence-corrected chi connectivity index (χ4v) is 4.15. The van der Waals surface area contributed by atoms with Crippen LogP contribution < -0.4 is 0 Å². The van der Waals surface area contributed by atoms with Crippen LogP contribution in [-0.4, -0.2) is 43.2 Å². The van der Waals surface area contributed by atoms with E-state index in [1.165, 1.54) is 0 Å². The summed E-state index contributed by atoms with van der Waals surface area (Å²) in [4.78, 5) is 0. The monoisotopic (exact) mass is 192 g/mol. The van der Waals surface area contributed by atoms with E-state index in [9.17, 15) is 4.57 Å². The van der Waals surface area contributed by atoms with Gasteiger partial charge in [0.25, 0.3) is 0 Å². The Morgan fingerprint density at radius 3 is 1.58 bits per heavy atom. The van der Waals surface area contributed by atoms with E-state index in [2.05, 4.69) is 6.92 Å². The molecule has 3 nitrogen and oxygen atoms in total. The van der Waals surface area contributed by atoms with Crippen molar-refractivity contribution in [2.24, 2.45) is 0 Å². The van der Waals surface area contributed by atoms with E-state index >= 15 is 0 Å². The van der Waals surface area contributed by atoms with Gasteiger partial charge < -0.3 is 0 Å². The molecular formula is C8H21N2OP. The van der Waals surface area contributed by atoms with Gasteiger partial charge in [0.15, 0.2) is 0 Å². The molecule has 0 bridgehead atoms. The Morgan fingerprint density at radius 1 is 1.17 bits per heavy atom. The van der Waals surface area contributed by atoms with Crippen LogP contribution in [0, 0.1) is 0 Å². The summed E-state index contributed by atoms with van der Waals surface area (Å²) in [6.07, 6.45) is 0.952. The molecule has 4 heteroatoms. The van der Waals surface area contributed by atoms with Crippen molar-refractivity contribution in [3.8, 4) is 0 Å². The standard InChI is InChI=1S/C8H21N2OP/c1-7-8(2)12(11,9(3)4)10(5)6/h8H,7H2,1-6H3/t8-/m1/s1. The Hall–Kier alpha value is 0.150. The van der Waals surface area contributed by atoms with Crippen molar-refractivity contribution < 1.29 is 4.57 Å². The molecule has 0 aliphatic heterocycles. The van der Waals surface area contributed by atoms with Crippen molar-refractivity contribution in [1.29, 1.82) is 0 Å². The molecule has 1 atom stereocenters. The smallest absolute Gasteiger partial charge is 0.218 e. The van der Waals surface area contributed by atoms with Crippen molar-refractivity contribution >= 4 is 7.44 Å². The molecule has 0 aromatic heterocycles. The first-order valence-corrected chi connectivity index (χ1v) is 6.00. The summed E-state index contributed by atoms with van der Waals surface area (Å²) in [6.45, 7) is 4.12. The van der Waals surface area contributed by atoms with Crippen molar-refractivity contribution in [3.05, 3.63) is 0 Å². The van der Waals surface area contributed by atoms with Gasteiger partial charge in [-0.25, -0.2) is 9.34 Å². The SMILES string of the molecule is CC[C@@H](C)P(=O)(N(C)C)N(C)C. The first-order chi connectivity index (χ1) is 5.37. The molecule has 0 saturated carbocycles. The first-order valence-electron chi connectivity index (χ1n) is 4.32. The van der Waals surface area contributed by atoms with Gasteiger partial charge in [0, 0.05) is 5.66 Å². The maximum atomic E-state index is 12.4. The molecule has 0 radical (unpaired) electrons. The molecule has 0 rings (SSSR count). The average molecular weight is 192 g/mol.